The number of hydrogen-bond donors (Lipinski definition) is 2. The Morgan fingerprint density at radius 1 is 0.864 bits per heavy atom. The molecule has 0 unspecified atom stereocenters. The van der Waals surface area contributed by atoms with Gasteiger partial charge < -0.3 is 14.7 Å². The van der Waals surface area contributed by atoms with Crippen molar-refractivity contribution in [2.24, 2.45) is 0 Å². The molecule has 0 aliphatic heterocycles. The van der Waals surface area contributed by atoms with Crippen LogP contribution in [0.5, 0.6) is 0 Å². The van der Waals surface area contributed by atoms with Crippen LogP contribution in [-0.4, -0.2) is 23.0 Å². The number of aryl methyl sites for hydroxylation is 2. The molecule has 0 amide bonds. The maximum atomic E-state index is 11.9. The van der Waals surface area contributed by atoms with Gasteiger partial charge in [0.15, 0.2) is 0 Å². The standard InChI is InChI=1S/C18H18N2O2/c1-11-4-6-16(19-11)13-8-14(17-7-5-12(2)20-17)10-15(9-13)18(21)22-3/h4-10,19-20H,1-3H3. The molecule has 112 valence electrons. The zero-order valence-electron chi connectivity index (χ0n) is 12.9. The van der Waals surface area contributed by atoms with E-state index in [9.17, 15) is 4.79 Å². The lowest BCUT2D eigenvalue weighted by atomic mass is 10.0. The first-order chi connectivity index (χ1) is 10.6. The summed E-state index contributed by atoms with van der Waals surface area (Å²) in [6.07, 6.45) is 0. The summed E-state index contributed by atoms with van der Waals surface area (Å²) in [7, 11) is 1.40. The zero-order valence-corrected chi connectivity index (χ0v) is 12.9. The van der Waals surface area contributed by atoms with Crippen molar-refractivity contribution in [3.8, 4) is 22.5 Å². The molecular formula is C18H18N2O2. The third kappa shape index (κ3) is 2.68. The first-order valence-electron chi connectivity index (χ1n) is 7.12. The lowest BCUT2D eigenvalue weighted by Crippen LogP contribution is -2.02. The Morgan fingerprint density at radius 3 is 1.73 bits per heavy atom. The van der Waals surface area contributed by atoms with Crippen LogP contribution in [0.15, 0.2) is 42.5 Å². The largest absolute Gasteiger partial charge is 0.465 e. The molecule has 0 fully saturated rings. The molecule has 0 radical (unpaired) electrons. The minimum absolute atomic E-state index is 0.338. The molecule has 0 saturated carbocycles. The summed E-state index contributed by atoms with van der Waals surface area (Å²) in [5.41, 5.74) is 6.57. The summed E-state index contributed by atoms with van der Waals surface area (Å²) in [5, 5.41) is 0. The maximum Gasteiger partial charge on any atom is 0.337 e. The van der Waals surface area contributed by atoms with Crippen LogP contribution in [-0.2, 0) is 4.74 Å². The van der Waals surface area contributed by atoms with Gasteiger partial charge in [0.2, 0.25) is 0 Å². The second kappa shape index (κ2) is 5.56. The molecule has 0 bridgehead atoms. The lowest BCUT2D eigenvalue weighted by molar-refractivity contribution is 0.0601. The number of methoxy groups -OCH3 is 1. The van der Waals surface area contributed by atoms with E-state index in [0.29, 0.717) is 5.56 Å². The summed E-state index contributed by atoms with van der Waals surface area (Å²) < 4.78 is 4.87. The van der Waals surface area contributed by atoms with Crippen LogP contribution < -0.4 is 0 Å². The van der Waals surface area contributed by atoms with E-state index in [2.05, 4.69) is 16.0 Å². The van der Waals surface area contributed by atoms with E-state index in [4.69, 9.17) is 4.74 Å². The summed E-state index contributed by atoms with van der Waals surface area (Å²) in [4.78, 5) is 18.5. The topological polar surface area (TPSA) is 57.9 Å². The fraction of sp³-hybridized carbons (Fsp3) is 0.167. The number of esters is 1. The highest BCUT2D eigenvalue weighted by Gasteiger charge is 2.12. The number of aromatic nitrogens is 2. The van der Waals surface area contributed by atoms with Gasteiger partial charge in [-0.25, -0.2) is 4.79 Å². The fourth-order valence-corrected chi connectivity index (χ4v) is 2.52. The Kier molecular flexibility index (Phi) is 3.59. The molecule has 3 aromatic rings. The van der Waals surface area contributed by atoms with Gasteiger partial charge in [0.25, 0.3) is 0 Å². The molecule has 0 saturated heterocycles. The number of carbonyl (C=O) groups excluding carboxylic acids is 1. The van der Waals surface area contributed by atoms with E-state index in [1.54, 1.807) is 0 Å². The highest BCUT2D eigenvalue weighted by Crippen LogP contribution is 2.28. The normalized spacial score (nSPS) is 10.7. The first kappa shape index (κ1) is 14.2. The maximum absolute atomic E-state index is 11.9. The number of rotatable bonds is 3. The number of H-pyrrole nitrogens is 2. The zero-order chi connectivity index (χ0) is 15.7. The average Bonchev–Trinajstić information content (AvgIpc) is 3.14. The van der Waals surface area contributed by atoms with Crippen LogP contribution in [0.4, 0.5) is 0 Å². The summed E-state index contributed by atoms with van der Waals surface area (Å²) in [6, 6.07) is 13.8. The molecule has 0 spiro atoms. The number of ether oxygens (including phenoxy) is 1. The third-order valence-corrected chi connectivity index (χ3v) is 3.64. The summed E-state index contributed by atoms with van der Waals surface area (Å²) in [6.45, 7) is 4.01. The van der Waals surface area contributed by atoms with Gasteiger partial charge in [-0.05, 0) is 67.4 Å². The van der Waals surface area contributed by atoms with Crippen molar-refractivity contribution < 1.29 is 9.53 Å². The molecular weight excluding hydrogens is 276 g/mol. The van der Waals surface area contributed by atoms with Crippen molar-refractivity contribution in [2.75, 3.05) is 7.11 Å². The van der Waals surface area contributed by atoms with Crippen molar-refractivity contribution in [1.29, 1.82) is 0 Å². The first-order valence-corrected chi connectivity index (χ1v) is 7.12. The highest BCUT2D eigenvalue weighted by atomic mass is 16.5. The van der Waals surface area contributed by atoms with Crippen LogP contribution in [0.1, 0.15) is 21.7 Å². The number of hydrogen-bond acceptors (Lipinski definition) is 2. The molecule has 2 N–H and O–H groups in total. The quantitative estimate of drug-likeness (QED) is 0.715. The van der Waals surface area contributed by atoms with Gasteiger partial charge in [0.05, 0.1) is 12.7 Å². The Morgan fingerprint density at radius 2 is 1.36 bits per heavy atom. The molecule has 2 heterocycles. The Balaban J connectivity index is 2.15. The smallest absolute Gasteiger partial charge is 0.337 e. The monoisotopic (exact) mass is 294 g/mol. The van der Waals surface area contributed by atoms with Gasteiger partial charge in [-0.1, -0.05) is 0 Å². The van der Waals surface area contributed by atoms with Gasteiger partial charge in [-0.3, -0.25) is 0 Å². The van der Waals surface area contributed by atoms with Crippen molar-refractivity contribution in [2.45, 2.75) is 13.8 Å². The van der Waals surface area contributed by atoms with E-state index in [1.807, 2.05) is 50.2 Å². The van der Waals surface area contributed by atoms with Crippen molar-refractivity contribution in [3.05, 3.63) is 59.4 Å². The second-order valence-electron chi connectivity index (χ2n) is 5.40. The van der Waals surface area contributed by atoms with Gasteiger partial charge in [-0.15, -0.1) is 0 Å². The van der Waals surface area contributed by atoms with Crippen molar-refractivity contribution in [3.63, 3.8) is 0 Å². The fourth-order valence-electron chi connectivity index (χ4n) is 2.52. The van der Waals surface area contributed by atoms with E-state index >= 15 is 0 Å². The number of carbonyl (C=O) groups is 1. The van der Waals surface area contributed by atoms with E-state index in [0.717, 1.165) is 33.9 Å². The molecule has 1 aromatic carbocycles. The molecule has 0 aliphatic rings. The molecule has 4 heteroatoms. The molecule has 2 aromatic heterocycles. The van der Waals surface area contributed by atoms with Crippen LogP contribution >= 0.6 is 0 Å². The van der Waals surface area contributed by atoms with Gasteiger partial charge in [0.1, 0.15) is 0 Å². The van der Waals surface area contributed by atoms with Crippen molar-refractivity contribution >= 4 is 5.97 Å². The van der Waals surface area contributed by atoms with Crippen molar-refractivity contribution in [1.82, 2.24) is 9.97 Å². The van der Waals surface area contributed by atoms with Crippen LogP contribution in [0.25, 0.3) is 22.5 Å². The molecule has 4 nitrogen and oxygen atoms in total. The minimum atomic E-state index is -0.338. The van der Waals surface area contributed by atoms with Gasteiger partial charge in [-0.2, -0.15) is 0 Å². The number of nitrogens with one attached hydrogen (secondary N) is 2. The van der Waals surface area contributed by atoms with E-state index in [1.165, 1.54) is 7.11 Å². The molecule has 0 atom stereocenters. The Hall–Kier alpha value is -2.75. The molecule has 0 aliphatic carbocycles. The third-order valence-electron chi connectivity index (χ3n) is 3.64. The van der Waals surface area contributed by atoms with Crippen LogP contribution in [0, 0.1) is 13.8 Å². The molecule has 3 rings (SSSR count). The summed E-state index contributed by atoms with van der Waals surface area (Å²) in [5.74, 6) is -0.338. The second-order valence-corrected chi connectivity index (χ2v) is 5.40. The minimum Gasteiger partial charge on any atom is -0.465 e. The number of benzene rings is 1. The molecule has 22 heavy (non-hydrogen) atoms. The highest BCUT2D eigenvalue weighted by molar-refractivity contribution is 5.93. The average molecular weight is 294 g/mol. The SMILES string of the molecule is COC(=O)c1cc(-c2ccc(C)[nH]2)cc(-c2ccc(C)[nH]2)c1. The Bertz CT molecular complexity index is 769. The Labute approximate surface area is 129 Å². The summed E-state index contributed by atoms with van der Waals surface area (Å²) >= 11 is 0. The predicted octanol–water partition coefficient (Wildman–Crippen LogP) is 4.08. The van der Waals surface area contributed by atoms with Crippen LogP contribution in [0.2, 0.25) is 0 Å². The van der Waals surface area contributed by atoms with E-state index < -0.39 is 0 Å². The van der Waals surface area contributed by atoms with E-state index in [-0.39, 0.29) is 5.97 Å². The predicted molar refractivity (Wildman–Crippen MR) is 86.8 cm³/mol. The van der Waals surface area contributed by atoms with Gasteiger partial charge >= 0.3 is 5.97 Å². The number of aromatic amines is 2. The lowest BCUT2D eigenvalue weighted by Gasteiger charge is -2.07. The van der Waals surface area contributed by atoms with Gasteiger partial charge in [0, 0.05) is 22.8 Å². The van der Waals surface area contributed by atoms with Crippen LogP contribution in [0.3, 0.4) is 0 Å².